The number of amides is 1. The Morgan fingerprint density at radius 3 is 2.45 bits per heavy atom. The number of rotatable bonds is 4. The lowest BCUT2D eigenvalue weighted by atomic mass is 9.77. The summed E-state index contributed by atoms with van der Waals surface area (Å²) in [5.74, 6) is 2.09. The van der Waals surface area contributed by atoms with Crippen LogP contribution in [0.5, 0.6) is 0 Å². The summed E-state index contributed by atoms with van der Waals surface area (Å²) < 4.78 is 0. The van der Waals surface area contributed by atoms with E-state index < -0.39 is 0 Å². The van der Waals surface area contributed by atoms with Crippen molar-refractivity contribution in [3.8, 4) is 0 Å². The number of nitrogens with one attached hydrogen (secondary N) is 1. The molecule has 3 heteroatoms. The van der Waals surface area contributed by atoms with Crippen LogP contribution >= 0.6 is 11.6 Å². The highest BCUT2D eigenvalue weighted by Gasteiger charge is 2.35. The maximum Gasteiger partial charge on any atom is 0.220 e. The van der Waals surface area contributed by atoms with E-state index in [9.17, 15) is 4.79 Å². The molecule has 0 radical (unpaired) electrons. The summed E-state index contributed by atoms with van der Waals surface area (Å²) in [6, 6.07) is 0. The summed E-state index contributed by atoms with van der Waals surface area (Å²) in [6.45, 7) is 2.28. The minimum atomic E-state index is -0.124. The van der Waals surface area contributed by atoms with Crippen molar-refractivity contribution in [3.05, 3.63) is 0 Å². The van der Waals surface area contributed by atoms with Crippen LogP contribution in [0.25, 0.3) is 0 Å². The van der Waals surface area contributed by atoms with Crippen molar-refractivity contribution in [1.29, 1.82) is 0 Å². The Morgan fingerprint density at radius 2 is 1.85 bits per heavy atom. The lowest BCUT2D eigenvalue weighted by Crippen LogP contribution is -2.53. The lowest BCUT2D eigenvalue weighted by molar-refractivity contribution is -0.124. The Bertz CT molecular complexity index is 312. The molecule has 2 aliphatic rings. The first-order chi connectivity index (χ1) is 9.63. The zero-order chi connectivity index (χ0) is 14.4. The molecule has 2 rings (SSSR count). The van der Waals surface area contributed by atoms with Gasteiger partial charge in [-0.15, -0.1) is 11.6 Å². The van der Waals surface area contributed by atoms with Gasteiger partial charge in [0.15, 0.2) is 0 Å². The van der Waals surface area contributed by atoms with Crippen LogP contribution in [0.4, 0.5) is 0 Å². The highest BCUT2D eigenvalue weighted by molar-refractivity contribution is 6.18. The topological polar surface area (TPSA) is 29.1 Å². The van der Waals surface area contributed by atoms with Crippen LogP contribution in [0.2, 0.25) is 0 Å². The van der Waals surface area contributed by atoms with Gasteiger partial charge in [0.2, 0.25) is 5.91 Å². The molecule has 0 bridgehead atoms. The number of hydrogen-bond acceptors (Lipinski definition) is 1. The third-order valence-electron chi connectivity index (χ3n) is 5.20. The van der Waals surface area contributed by atoms with Crippen molar-refractivity contribution >= 4 is 17.5 Å². The fraction of sp³-hybridized carbons (Fsp3) is 0.941. The zero-order valence-corrected chi connectivity index (χ0v) is 13.7. The molecule has 0 aromatic carbocycles. The Labute approximate surface area is 129 Å². The minimum absolute atomic E-state index is 0.124. The molecule has 2 fully saturated rings. The van der Waals surface area contributed by atoms with Crippen molar-refractivity contribution in [2.24, 2.45) is 11.8 Å². The molecule has 116 valence electrons. The van der Waals surface area contributed by atoms with E-state index in [1.54, 1.807) is 0 Å². The molecule has 1 N–H and O–H groups in total. The van der Waals surface area contributed by atoms with E-state index in [-0.39, 0.29) is 11.4 Å². The standard InChI is InChI=1S/C17H30ClNO/c1-14-7-6-10-17(12-14,13-18)19-16(20)11-15-8-4-2-3-5-9-15/h14-15H,2-13H2,1H3,(H,19,20). The van der Waals surface area contributed by atoms with Crippen molar-refractivity contribution in [2.75, 3.05) is 5.88 Å². The van der Waals surface area contributed by atoms with Gasteiger partial charge in [0.05, 0.1) is 5.54 Å². The molecule has 2 unspecified atom stereocenters. The van der Waals surface area contributed by atoms with E-state index in [0.717, 1.165) is 12.8 Å². The van der Waals surface area contributed by atoms with E-state index in [1.165, 1.54) is 51.4 Å². The Morgan fingerprint density at radius 1 is 1.15 bits per heavy atom. The van der Waals surface area contributed by atoms with Gasteiger partial charge in [-0.3, -0.25) is 4.79 Å². The molecule has 0 aliphatic heterocycles. The van der Waals surface area contributed by atoms with E-state index >= 15 is 0 Å². The molecule has 0 aromatic rings. The molecule has 0 aromatic heterocycles. The summed E-state index contributed by atoms with van der Waals surface area (Å²) in [4.78, 5) is 12.4. The third-order valence-corrected chi connectivity index (χ3v) is 5.71. The second-order valence-electron chi connectivity index (χ2n) is 7.23. The van der Waals surface area contributed by atoms with Gasteiger partial charge in [-0.25, -0.2) is 0 Å². The number of hydrogen-bond donors (Lipinski definition) is 1. The van der Waals surface area contributed by atoms with Gasteiger partial charge in [-0.05, 0) is 37.5 Å². The summed E-state index contributed by atoms with van der Waals surface area (Å²) in [7, 11) is 0. The van der Waals surface area contributed by atoms with E-state index in [2.05, 4.69) is 12.2 Å². The van der Waals surface area contributed by atoms with Crippen LogP contribution in [0.1, 0.15) is 77.6 Å². The summed E-state index contributed by atoms with van der Waals surface area (Å²) in [5, 5.41) is 3.31. The molecule has 2 saturated carbocycles. The first-order valence-corrected chi connectivity index (χ1v) is 9.04. The lowest BCUT2D eigenvalue weighted by Gasteiger charge is -2.39. The van der Waals surface area contributed by atoms with Gasteiger partial charge in [0.1, 0.15) is 0 Å². The third kappa shape index (κ3) is 4.65. The summed E-state index contributed by atoms with van der Waals surface area (Å²) >= 11 is 6.20. The first-order valence-electron chi connectivity index (χ1n) is 8.50. The molecular weight excluding hydrogens is 270 g/mol. The van der Waals surface area contributed by atoms with Crippen LogP contribution in [0, 0.1) is 11.8 Å². The summed E-state index contributed by atoms with van der Waals surface area (Å²) in [5.41, 5.74) is -0.124. The highest BCUT2D eigenvalue weighted by Crippen LogP contribution is 2.34. The molecule has 2 aliphatic carbocycles. The van der Waals surface area contributed by atoms with Gasteiger partial charge < -0.3 is 5.32 Å². The van der Waals surface area contributed by atoms with Gasteiger partial charge in [-0.1, -0.05) is 45.4 Å². The monoisotopic (exact) mass is 299 g/mol. The molecular formula is C17H30ClNO. The average Bonchev–Trinajstić information content (AvgIpc) is 2.67. The quantitative estimate of drug-likeness (QED) is 0.594. The SMILES string of the molecule is CC1CCCC(CCl)(NC(=O)CC2CCCCCC2)C1. The van der Waals surface area contributed by atoms with Gasteiger partial charge in [0.25, 0.3) is 0 Å². The first kappa shape index (κ1) is 16.1. The van der Waals surface area contributed by atoms with Crippen molar-refractivity contribution in [3.63, 3.8) is 0 Å². The molecule has 0 saturated heterocycles. The predicted octanol–water partition coefficient (Wildman–Crippen LogP) is 4.65. The van der Waals surface area contributed by atoms with Crippen molar-refractivity contribution in [1.82, 2.24) is 5.32 Å². The van der Waals surface area contributed by atoms with Crippen molar-refractivity contribution < 1.29 is 4.79 Å². The van der Waals surface area contributed by atoms with E-state index in [0.29, 0.717) is 24.1 Å². The maximum absolute atomic E-state index is 12.4. The van der Waals surface area contributed by atoms with Crippen LogP contribution in [-0.4, -0.2) is 17.3 Å². The van der Waals surface area contributed by atoms with Gasteiger partial charge in [-0.2, -0.15) is 0 Å². The molecule has 2 nitrogen and oxygen atoms in total. The number of halogens is 1. The Balaban J connectivity index is 1.85. The molecule has 0 spiro atoms. The van der Waals surface area contributed by atoms with Crippen molar-refractivity contribution in [2.45, 2.75) is 83.1 Å². The molecule has 1 amide bonds. The smallest absolute Gasteiger partial charge is 0.220 e. The fourth-order valence-electron chi connectivity index (χ4n) is 4.11. The normalized spacial score (nSPS) is 32.6. The van der Waals surface area contributed by atoms with Crippen LogP contribution < -0.4 is 5.32 Å². The molecule has 0 heterocycles. The number of carbonyl (C=O) groups is 1. The van der Waals surface area contributed by atoms with Crippen LogP contribution in [0.3, 0.4) is 0 Å². The number of alkyl halides is 1. The highest BCUT2D eigenvalue weighted by atomic mass is 35.5. The Kier molecular flexibility index (Phi) is 6.20. The fourth-order valence-corrected chi connectivity index (χ4v) is 4.41. The van der Waals surface area contributed by atoms with Gasteiger partial charge >= 0.3 is 0 Å². The number of carbonyl (C=O) groups excluding carboxylic acids is 1. The molecule has 20 heavy (non-hydrogen) atoms. The predicted molar refractivity (Wildman–Crippen MR) is 85.0 cm³/mol. The second kappa shape index (κ2) is 7.68. The van der Waals surface area contributed by atoms with E-state index in [4.69, 9.17) is 11.6 Å². The van der Waals surface area contributed by atoms with Crippen LogP contribution in [0.15, 0.2) is 0 Å². The maximum atomic E-state index is 12.4. The van der Waals surface area contributed by atoms with E-state index in [1.807, 2.05) is 0 Å². The summed E-state index contributed by atoms with van der Waals surface area (Å²) in [6.07, 6.45) is 13.1. The largest absolute Gasteiger partial charge is 0.349 e. The van der Waals surface area contributed by atoms with Gasteiger partial charge in [0, 0.05) is 12.3 Å². The zero-order valence-electron chi connectivity index (χ0n) is 12.9. The average molecular weight is 300 g/mol. The second-order valence-corrected chi connectivity index (χ2v) is 7.49. The molecule has 2 atom stereocenters. The minimum Gasteiger partial charge on any atom is -0.349 e. The Hall–Kier alpha value is -0.240. The van der Waals surface area contributed by atoms with Crippen LogP contribution in [-0.2, 0) is 4.79 Å².